The van der Waals surface area contributed by atoms with Crippen molar-refractivity contribution in [3.05, 3.63) is 95.7 Å². The number of fused-ring (bicyclic) bond motifs is 2. The van der Waals surface area contributed by atoms with Crippen LogP contribution in [0.3, 0.4) is 0 Å². The van der Waals surface area contributed by atoms with Gasteiger partial charge in [-0.25, -0.2) is 9.37 Å². The van der Waals surface area contributed by atoms with Crippen molar-refractivity contribution in [3.63, 3.8) is 0 Å². The van der Waals surface area contributed by atoms with Gasteiger partial charge in [-0.05, 0) is 47.5 Å². The molecule has 0 aliphatic heterocycles. The van der Waals surface area contributed by atoms with Gasteiger partial charge in [-0.3, -0.25) is 9.20 Å². The summed E-state index contributed by atoms with van der Waals surface area (Å²) >= 11 is 0. The van der Waals surface area contributed by atoms with Crippen molar-refractivity contribution >= 4 is 11.4 Å². The highest BCUT2D eigenvalue weighted by Crippen LogP contribution is 2.32. The Labute approximate surface area is 166 Å². The van der Waals surface area contributed by atoms with Gasteiger partial charge < -0.3 is 10.4 Å². The number of pyridine rings is 1. The Bertz CT molecular complexity index is 1220. The monoisotopic (exact) mass is 387 g/mol. The van der Waals surface area contributed by atoms with Crippen LogP contribution in [0, 0.1) is 5.82 Å². The summed E-state index contributed by atoms with van der Waals surface area (Å²) in [5, 5.41) is 13.4. The van der Waals surface area contributed by atoms with Gasteiger partial charge in [-0.2, -0.15) is 0 Å². The fraction of sp³-hybridized carbons (Fsp3) is 0.130. The minimum Gasteiger partial charge on any atom is -0.390 e. The van der Waals surface area contributed by atoms with E-state index in [1.54, 1.807) is 22.7 Å². The topological polar surface area (TPSA) is 66.6 Å². The molecule has 0 saturated carbocycles. The van der Waals surface area contributed by atoms with Crippen molar-refractivity contribution in [2.24, 2.45) is 0 Å². The summed E-state index contributed by atoms with van der Waals surface area (Å²) in [6, 6.07) is 18.8. The molecule has 0 unspecified atom stereocenters. The molecule has 2 atom stereocenters. The number of benzene rings is 2. The number of halogens is 1. The SMILES string of the molecule is O=C(N[C@@H]1c2ccccc2C[C@@H]1O)c1nc(-c2ccc(F)cc2)c2ccccn12. The molecular weight excluding hydrogens is 369 g/mol. The molecule has 144 valence electrons. The maximum absolute atomic E-state index is 13.3. The summed E-state index contributed by atoms with van der Waals surface area (Å²) < 4.78 is 15.0. The molecule has 2 heterocycles. The zero-order valence-electron chi connectivity index (χ0n) is 15.4. The third-order valence-electron chi connectivity index (χ3n) is 5.36. The maximum atomic E-state index is 13.3. The van der Waals surface area contributed by atoms with E-state index >= 15 is 0 Å². The average Bonchev–Trinajstić information content (AvgIpc) is 3.27. The van der Waals surface area contributed by atoms with Crippen LogP contribution in [0.2, 0.25) is 0 Å². The molecule has 0 bridgehead atoms. The van der Waals surface area contributed by atoms with Crippen LogP contribution in [0.25, 0.3) is 16.8 Å². The summed E-state index contributed by atoms with van der Waals surface area (Å²) in [6.07, 6.45) is 1.59. The van der Waals surface area contributed by atoms with Gasteiger partial charge >= 0.3 is 0 Å². The van der Waals surface area contributed by atoms with E-state index < -0.39 is 12.1 Å². The highest BCUT2D eigenvalue weighted by Gasteiger charge is 2.33. The molecule has 5 nitrogen and oxygen atoms in total. The predicted molar refractivity (Wildman–Crippen MR) is 107 cm³/mol. The molecular formula is C23H18FN3O2. The summed E-state index contributed by atoms with van der Waals surface area (Å²) in [7, 11) is 0. The van der Waals surface area contributed by atoms with Crippen molar-refractivity contribution in [2.75, 3.05) is 0 Å². The van der Waals surface area contributed by atoms with Crippen molar-refractivity contribution in [1.82, 2.24) is 14.7 Å². The van der Waals surface area contributed by atoms with Gasteiger partial charge in [0.05, 0.1) is 23.4 Å². The summed E-state index contributed by atoms with van der Waals surface area (Å²) in [5.41, 5.74) is 4.03. The molecule has 2 aromatic carbocycles. The first kappa shape index (κ1) is 17.6. The maximum Gasteiger partial charge on any atom is 0.288 e. The Morgan fingerprint density at radius 1 is 1.07 bits per heavy atom. The molecule has 2 N–H and O–H groups in total. The second-order valence-electron chi connectivity index (χ2n) is 7.17. The molecule has 4 aromatic rings. The fourth-order valence-corrected chi connectivity index (χ4v) is 3.97. The highest BCUT2D eigenvalue weighted by atomic mass is 19.1. The van der Waals surface area contributed by atoms with E-state index in [9.17, 15) is 14.3 Å². The van der Waals surface area contributed by atoms with E-state index in [4.69, 9.17) is 0 Å². The summed E-state index contributed by atoms with van der Waals surface area (Å²) in [6.45, 7) is 0. The quantitative estimate of drug-likeness (QED) is 0.565. The minimum atomic E-state index is -0.681. The minimum absolute atomic E-state index is 0.219. The fourth-order valence-electron chi connectivity index (χ4n) is 3.97. The van der Waals surface area contributed by atoms with E-state index in [0.717, 1.165) is 22.2 Å². The van der Waals surface area contributed by atoms with Crippen LogP contribution in [-0.2, 0) is 6.42 Å². The Morgan fingerprint density at radius 2 is 1.83 bits per heavy atom. The first-order valence-electron chi connectivity index (χ1n) is 9.41. The predicted octanol–water partition coefficient (Wildman–Crippen LogP) is 3.53. The smallest absolute Gasteiger partial charge is 0.288 e. The van der Waals surface area contributed by atoms with Gasteiger partial charge in [0.1, 0.15) is 5.82 Å². The third kappa shape index (κ3) is 2.98. The second-order valence-corrected chi connectivity index (χ2v) is 7.17. The van der Waals surface area contributed by atoms with Gasteiger partial charge in [-0.15, -0.1) is 0 Å². The molecule has 0 radical (unpaired) electrons. The van der Waals surface area contributed by atoms with Gasteiger partial charge in [0.15, 0.2) is 0 Å². The number of imidazole rings is 1. The average molecular weight is 387 g/mol. The van der Waals surface area contributed by atoms with Crippen molar-refractivity contribution < 1.29 is 14.3 Å². The van der Waals surface area contributed by atoms with E-state index in [1.165, 1.54) is 12.1 Å². The van der Waals surface area contributed by atoms with E-state index in [1.807, 2.05) is 42.5 Å². The molecule has 1 aliphatic rings. The number of carbonyl (C=O) groups is 1. The number of aromatic nitrogens is 2. The van der Waals surface area contributed by atoms with Crippen molar-refractivity contribution in [2.45, 2.75) is 18.6 Å². The van der Waals surface area contributed by atoms with Crippen LogP contribution < -0.4 is 5.32 Å². The van der Waals surface area contributed by atoms with Crippen LogP contribution in [0.5, 0.6) is 0 Å². The molecule has 0 saturated heterocycles. The van der Waals surface area contributed by atoms with Gasteiger partial charge in [-0.1, -0.05) is 30.3 Å². The van der Waals surface area contributed by atoms with E-state index in [-0.39, 0.29) is 17.5 Å². The van der Waals surface area contributed by atoms with Crippen LogP contribution >= 0.6 is 0 Å². The molecule has 1 aliphatic carbocycles. The molecule has 0 spiro atoms. The van der Waals surface area contributed by atoms with Crippen LogP contribution in [0.4, 0.5) is 4.39 Å². The first-order chi connectivity index (χ1) is 14.1. The number of nitrogens with zero attached hydrogens (tertiary/aromatic N) is 2. The van der Waals surface area contributed by atoms with Crippen molar-refractivity contribution in [1.29, 1.82) is 0 Å². The Balaban J connectivity index is 1.54. The van der Waals surface area contributed by atoms with Crippen LogP contribution in [0.15, 0.2) is 72.9 Å². The number of carbonyl (C=O) groups excluding carboxylic acids is 1. The zero-order valence-corrected chi connectivity index (χ0v) is 15.4. The first-order valence-corrected chi connectivity index (χ1v) is 9.41. The number of nitrogens with one attached hydrogen (secondary N) is 1. The molecule has 29 heavy (non-hydrogen) atoms. The summed E-state index contributed by atoms with van der Waals surface area (Å²) in [4.78, 5) is 17.7. The number of aliphatic hydroxyl groups is 1. The van der Waals surface area contributed by atoms with Gasteiger partial charge in [0.25, 0.3) is 5.91 Å². The van der Waals surface area contributed by atoms with Crippen LogP contribution in [-0.4, -0.2) is 26.5 Å². The number of amides is 1. The zero-order chi connectivity index (χ0) is 20.0. The summed E-state index contributed by atoms with van der Waals surface area (Å²) in [5.74, 6) is -0.485. The lowest BCUT2D eigenvalue weighted by Gasteiger charge is -2.17. The third-order valence-corrected chi connectivity index (χ3v) is 5.36. The molecule has 6 heteroatoms. The Morgan fingerprint density at radius 3 is 2.66 bits per heavy atom. The highest BCUT2D eigenvalue weighted by molar-refractivity contribution is 5.95. The van der Waals surface area contributed by atoms with E-state index in [2.05, 4.69) is 10.3 Å². The van der Waals surface area contributed by atoms with Crippen LogP contribution in [0.1, 0.15) is 27.8 Å². The Hall–Kier alpha value is -3.51. The Kier molecular flexibility index (Phi) is 4.14. The lowest BCUT2D eigenvalue weighted by atomic mass is 10.1. The lowest BCUT2D eigenvalue weighted by molar-refractivity contribution is 0.0847. The number of aliphatic hydroxyl groups excluding tert-OH is 1. The number of hydrogen-bond donors (Lipinski definition) is 2. The molecule has 0 fully saturated rings. The number of hydrogen-bond acceptors (Lipinski definition) is 3. The number of rotatable bonds is 3. The molecule has 1 amide bonds. The molecule has 2 aromatic heterocycles. The van der Waals surface area contributed by atoms with E-state index in [0.29, 0.717) is 12.1 Å². The lowest BCUT2D eigenvalue weighted by Crippen LogP contribution is -2.34. The standard InChI is InChI=1S/C23H18FN3O2/c24-16-10-8-14(9-11-16)20-18-7-3-4-12-27(18)22(25-20)23(29)26-21-17-6-2-1-5-15(17)13-19(21)28/h1-12,19,21,28H,13H2,(H,26,29)/t19-,21+/m0/s1. The normalized spacial score (nSPS) is 18.0. The second kappa shape index (κ2) is 6.83. The molecule has 5 rings (SSSR count). The largest absolute Gasteiger partial charge is 0.390 e. The van der Waals surface area contributed by atoms with Crippen molar-refractivity contribution in [3.8, 4) is 11.3 Å². The van der Waals surface area contributed by atoms with Gasteiger partial charge in [0.2, 0.25) is 5.82 Å². The van der Waals surface area contributed by atoms with Gasteiger partial charge in [0, 0.05) is 18.2 Å².